The van der Waals surface area contributed by atoms with Gasteiger partial charge in [0.25, 0.3) is 5.91 Å². The molecule has 1 aliphatic rings. The van der Waals surface area contributed by atoms with Crippen molar-refractivity contribution in [3.63, 3.8) is 0 Å². The van der Waals surface area contributed by atoms with Gasteiger partial charge >= 0.3 is 0 Å². The molecule has 2 heterocycles. The fraction of sp³-hybridized carbons (Fsp3) is 0.0833. The number of fused-ring (bicyclic) bond motifs is 1. The van der Waals surface area contributed by atoms with Crippen LogP contribution in [0.4, 0.5) is 0 Å². The minimum Gasteiger partial charge on any atom is -0.267 e. The van der Waals surface area contributed by atoms with E-state index in [0.29, 0.717) is 17.0 Å². The molecule has 1 aromatic heterocycles. The maximum absolute atomic E-state index is 13.4. The van der Waals surface area contributed by atoms with Gasteiger partial charge in [-0.2, -0.15) is 5.10 Å². The van der Waals surface area contributed by atoms with Crippen LogP contribution in [0.2, 0.25) is 5.02 Å². The molecule has 0 N–H and O–H groups in total. The summed E-state index contributed by atoms with van der Waals surface area (Å²) in [4.78, 5) is 22.1. The molecule has 0 aliphatic carbocycles. The Kier molecular flexibility index (Phi) is 4.73. The smallest absolute Gasteiger partial charge is 0.267 e. The highest BCUT2D eigenvalue weighted by Crippen LogP contribution is 2.35. The van der Waals surface area contributed by atoms with Crippen molar-refractivity contribution < 1.29 is 4.79 Å². The van der Waals surface area contributed by atoms with E-state index in [0.717, 1.165) is 27.9 Å². The van der Waals surface area contributed by atoms with Gasteiger partial charge in [-0.3, -0.25) is 14.8 Å². The molecule has 3 aromatic carbocycles. The number of aromatic nitrogens is 2. The Labute approximate surface area is 178 Å². The SMILES string of the molecule is O=C(c1ccccc1Cl)N1N=C(c2ccccc2)C[C@H]1c1ccc2nccnc2c1. The molecular formula is C24H17ClN4O. The summed E-state index contributed by atoms with van der Waals surface area (Å²) in [6.07, 6.45) is 3.94. The number of hydrogen-bond donors (Lipinski definition) is 0. The van der Waals surface area contributed by atoms with Crippen LogP contribution in [0.15, 0.2) is 90.3 Å². The van der Waals surface area contributed by atoms with Crippen molar-refractivity contribution in [1.82, 2.24) is 15.0 Å². The van der Waals surface area contributed by atoms with Crippen LogP contribution in [0, 0.1) is 0 Å². The van der Waals surface area contributed by atoms with Crippen LogP contribution >= 0.6 is 11.6 Å². The second-order valence-electron chi connectivity index (χ2n) is 7.07. The molecule has 0 saturated carbocycles. The van der Waals surface area contributed by atoms with E-state index in [-0.39, 0.29) is 11.9 Å². The Bertz CT molecular complexity index is 1270. The first-order valence-corrected chi connectivity index (χ1v) is 10.00. The molecule has 1 aliphatic heterocycles. The third-order valence-corrected chi connectivity index (χ3v) is 5.54. The fourth-order valence-electron chi connectivity index (χ4n) is 3.71. The third kappa shape index (κ3) is 3.33. The van der Waals surface area contributed by atoms with Gasteiger partial charge in [0.1, 0.15) is 0 Å². The molecule has 0 bridgehead atoms. The van der Waals surface area contributed by atoms with E-state index in [1.807, 2.05) is 48.5 Å². The molecule has 1 atom stereocenters. The first kappa shape index (κ1) is 18.5. The van der Waals surface area contributed by atoms with E-state index in [4.69, 9.17) is 16.7 Å². The number of rotatable bonds is 3. The number of benzene rings is 3. The lowest BCUT2D eigenvalue weighted by Crippen LogP contribution is -2.27. The molecule has 5 rings (SSSR count). The third-order valence-electron chi connectivity index (χ3n) is 5.21. The van der Waals surface area contributed by atoms with E-state index in [9.17, 15) is 4.79 Å². The van der Waals surface area contributed by atoms with Crippen LogP contribution in [-0.4, -0.2) is 26.6 Å². The van der Waals surface area contributed by atoms with Crippen LogP contribution in [0.25, 0.3) is 11.0 Å². The van der Waals surface area contributed by atoms with Gasteiger partial charge in [-0.15, -0.1) is 0 Å². The van der Waals surface area contributed by atoms with Crippen LogP contribution in [-0.2, 0) is 0 Å². The second-order valence-corrected chi connectivity index (χ2v) is 7.47. The van der Waals surface area contributed by atoms with E-state index in [1.165, 1.54) is 0 Å². The second kappa shape index (κ2) is 7.69. The highest BCUT2D eigenvalue weighted by atomic mass is 35.5. The number of carbonyl (C=O) groups is 1. The first-order valence-electron chi connectivity index (χ1n) is 9.62. The standard InChI is InChI=1S/C24H17ClN4O/c25-19-9-5-4-8-18(19)24(30)29-23(15-21(28-29)16-6-2-1-3-7-16)17-10-11-20-22(14-17)27-13-12-26-20/h1-14,23H,15H2/t23-/m0/s1. The number of hydrazone groups is 1. The summed E-state index contributed by atoms with van der Waals surface area (Å²) < 4.78 is 0. The van der Waals surface area contributed by atoms with E-state index < -0.39 is 0 Å². The normalized spacial score (nSPS) is 16.0. The van der Waals surface area contributed by atoms with Gasteiger partial charge in [0.2, 0.25) is 0 Å². The van der Waals surface area contributed by atoms with Crippen molar-refractivity contribution in [3.8, 4) is 0 Å². The van der Waals surface area contributed by atoms with Crippen LogP contribution in [0.5, 0.6) is 0 Å². The minimum absolute atomic E-state index is 0.226. The largest absolute Gasteiger partial charge is 0.276 e. The Morgan fingerprint density at radius 2 is 1.63 bits per heavy atom. The maximum atomic E-state index is 13.4. The summed E-state index contributed by atoms with van der Waals surface area (Å²) >= 11 is 6.31. The quantitative estimate of drug-likeness (QED) is 0.460. The monoisotopic (exact) mass is 412 g/mol. The van der Waals surface area contributed by atoms with E-state index in [1.54, 1.807) is 41.7 Å². The lowest BCUT2D eigenvalue weighted by atomic mass is 9.97. The lowest BCUT2D eigenvalue weighted by Gasteiger charge is -2.22. The zero-order chi connectivity index (χ0) is 20.5. The zero-order valence-electron chi connectivity index (χ0n) is 15.9. The molecule has 1 amide bonds. The summed E-state index contributed by atoms with van der Waals surface area (Å²) in [7, 11) is 0. The lowest BCUT2D eigenvalue weighted by molar-refractivity contribution is 0.0711. The van der Waals surface area contributed by atoms with Gasteiger partial charge in [0, 0.05) is 18.8 Å². The summed E-state index contributed by atoms with van der Waals surface area (Å²) in [6.45, 7) is 0. The Morgan fingerprint density at radius 1 is 0.900 bits per heavy atom. The number of halogens is 1. The zero-order valence-corrected chi connectivity index (χ0v) is 16.7. The van der Waals surface area contributed by atoms with Crippen LogP contribution < -0.4 is 0 Å². The maximum Gasteiger partial charge on any atom is 0.276 e. The summed E-state index contributed by atoms with van der Waals surface area (Å²) in [5, 5.41) is 6.67. The average Bonchev–Trinajstić information content (AvgIpc) is 3.25. The molecule has 0 unspecified atom stereocenters. The van der Waals surface area contributed by atoms with Gasteiger partial charge in [-0.1, -0.05) is 60.1 Å². The van der Waals surface area contributed by atoms with Crippen molar-refractivity contribution in [3.05, 3.63) is 107 Å². The van der Waals surface area contributed by atoms with Crippen molar-refractivity contribution in [1.29, 1.82) is 0 Å². The predicted molar refractivity (Wildman–Crippen MR) is 117 cm³/mol. The molecular weight excluding hydrogens is 396 g/mol. The van der Waals surface area contributed by atoms with Gasteiger partial charge < -0.3 is 0 Å². The molecule has 6 heteroatoms. The average molecular weight is 413 g/mol. The van der Waals surface area contributed by atoms with Crippen LogP contribution in [0.3, 0.4) is 0 Å². The first-order chi connectivity index (χ1) is 14.7. The molecule has 0 radical (unpaired) electrons. The van der Waals surface area contributed by atoms with Gasteiger partial charge in [-0.05, 0) is 35.4 Å². The molecule has 0 spiro atoms. The van der Waals surface area contributed by atoms with Gasteiger partial charge in [0.15, 0.2) is 0 Å². The molecule has 0 fully saturated rings. The van der Waals surface area contributed by atoms with E-state index >= 15 is 0 Å². The minimum atomic E-state index is -0.254. The Hall–Kier alpha value is -3.57. The summed E-state index contributed by atoms with van der Waals surface area (Å²) in [5.74, 6) is -0.226. The van der Waals surface area contributed by atoms with E-state index in [2.05, 4.69) is 9.97 Å². The highest BCUT2D eigenvalue weighted by molar-refractivity contribution is 6.33. The van der Waals surface area contributed by atoms with Crippen molar-refractivity contribution in [2.75, 3.05) is 0 Å². The number of carbonyl (C=O) groups excluding carboxylic acids is 1. The van der Waals surface area contributed by atoms with Gasteiger partial charge in [0.05, 0.1) is 33.4 Å². The highest BCUT2D eigenvalue weighted by Gasteiger charge is 2.34. The molecule has 5 nitrogen and oxygen atoms in total. The van der Waals surface area contributed by atoms with Crippen molar-refractivity contribution >= 4 is 34.3 Å². The van der Waals surface area contributed by atoms with Crippen LogP contribution in [0.1, 0.15) is 33.9 Å². The Morgan fingerprint density at radius 3 is 2.43 bits per heavy atom. The predicted octanol–water partition coefficient (Wildman–Crippen LogP) is 5.27. The Balaban J connectivity index is 1.59. The molecule has 30 heavy (non-hydrogen) atoms. The number of nitrogens with zero attached hydrogens (tertiary/aromatic N) is 4. The van der Waals surface area contributed by atoms with Crippen molar-refractivity contribution in [2.24, 2.45) is 5.10 Å². The van der Waals surface area contributed by atoms with Gasteiger partial charge in [-0.25, -0.2) is 5.01 Å². The molecule has 146 valence electrons. The number of hydrogen-bond acceptors (Lipinski definition) is 4. The number of amides is 1. The molecule has 0 saturated heterocycles. The molecule has 4 aromatic rings. The fourth-order valence-corrected chi connectivity index (χ4v) is 3.92. The summed E-state index contributed by atoms with van der Waals surface area (Å²) in [5.41, 5.74) is 4.85. The summed E-state index contributed by atoms with van der Waals surface area (Å²) in [6, 6.07) is 22.6. The van der Waals surface area contributed by atoms with Crippen molar-refractivity contribution in [2.45, 2.75) is 12.5 Å². The topological polar surface area (TPSA) is 58.5 Å².